The molecule has 0 radical (unpaired) electrons. The molecule has 5 nitrogen and oxygen atoms in total. The van der Waals surface area contributed by atoms with Crippen LogP contribution in [-0.2, 0) is 6.61 Å². The molecule has 0 saturated heterocycles. The number of benzene rings is 3. The molecule has 5 rings (SSSR count). The second-order valence-corrected chi connectivity index (χ2v) is 10.3. The van der Waals surface area contributed by atoms with E-state index in [2.05, 4.69) is 58.9 Å². The van der Waals surface area contributed by atoms with Crippen molar-refractivity contribution >= 4 is 39.7 Å². The van der Waals surface area contributed by atoms with Crippen molar-refractivity contribution in [3.63, 3.8) is 0 Å². The molecule has 178 valence electrons. The van der Waals surface area contributed by atoms with Crippen molar-refractivity contribution in [1.29, 1.82) is 0 Å². The molecule has 1 fully saturated rings. The topological polar surface area (TPSA) is 56.5 Å². The second kappa shape index (κ2) is 10.7. The summed E-state index contributed by atoms with van der Waals surface area (Å²) in [5.41, 5.74) is 3.91. The molecule has 0 N–H and O–H groups in total. The van der Waals surface area contributed by atoms with E-state index in [1.807, 2.05) is 42.5 Å². The maximum absolute atomic E-state index is 13.4. The molecule has 0 aliphatic heterocycles. The Morgan fingerprint density at radius 3 is 2.60 bits per heavy atom. The van der Waals surface area contributed by atoms with Gasteiger partial charge in [-0.3, -0.25) is 4.79 Å². The first-order valence-corrected chi connectivity index (χ1v) is 13.2. The van der Waals surface area contributed by atoms with Crippen LogP contribution in [-0.4, -0.2) is 15.9 Å². The van der Waals surface area contributed by atoms with Gasteiger partial charge in [-0.05, 0) is 83.8 Å². The Labute approximate surface area is 219 Å². The smallest absolute Gasteiger partial charge is 0.282 e. The first-order chi connectivity index (χ1) is 17.1. The van der Waals surface area contributed by atoms with Crippen LogP contribution in [0, 0.1) is 10.5 Å². The van der Waals surface area contributed by atoms with Gasteiger partial charge in [-0.2, -0.15) is 9.78 Å². The molecule has 1 aromatic heterocycles. The van der Waals surface area contributed by atoms with E-state index in [9.17, 15) is 4.79 Å². The van der Waals surface area contributed by atoms with Gasteiger partial charge in [0.05, 0.1) is 20.7 Å². The van der Waals surface area contributed by atoms with Crippen LogP contribution in [0.25, 0.3) is 10.9 Å². The molecular formula is C29H28IN3O2. The maximum Gasteiger partial charge on any atom is 0.282 e. The van der Waals surface area contributed by atoms with E-state index in [0.29, 0.717) is 12.0 Å². The van der Waals surface area contributed by atoms with Crippen LogP contribution < -0.4 is 10.3 Å². The highest BCUT2D eigenvalue weighted by Crippen LogP contribution is 2.32. The molecule has 4 aromatic rings. The molecule has 0 unspecified atom stereocenters. The lowest BCUT2D eigenvalue weighted by Crippen LogP contribution is -2.25. The SMILES string of the molecule is Cc1ccc(COc2ccc(C=Nn3c(C4CCCCC4)nc4ccccc4c3=O)cc2I)cc1. The van der Waals surface area contributed by atoms with Crippen molar-refractivity contribution in [2.45, 2.75) is 51.6 Å². The number of aromatic nitrogens is 2. The van der Waals surface area contributed by atoms with Gasteiger partial charge in [-0.25, -0.2) is 4.98 Å². The molecule has 0 spiro atoms. The zero-order valence-electron chi connectivity index (χ0n) is 19.8. The van der Waals surface area contributed by atoms with E-state index in [-0.39, 0.29) is 11.5 Å². The Kier molecular flexibility index (Phi) is 7.27. The van der Waals surface area contributed by atoms with E-state index < -0.39 is 0 Å². The Hall–Kier alpha value is -3.00. The predicted molar refractivity (Wildman–Crippen MR) is 149 cm³/mol. The lowest BCUT2D eigenvalue weighted by Gasteiger charge is -2.22. The molecule has 1 saturated carbocycles. The summed E-state index contributed by atoms with van der Waals surface area (Å²) in [6.07, 6.45) is 7.42. The number of fused-ring (bicyclic) bond motifs is 1. The Bertz CT molecular complexity index is 1420. The lowest BCUT2D eigenvalue weighted by atomic mass is 9.88. The molecule has 6 heteroatoms. The first kappa shape index (κ1) is 23.7. The number of nitrogens with zero attached hydrogens (tertiary/aromatic N) is 3. The molecule has 35 heavy (non-hydrogen) atoms. The number of para-hydroxylation sites is 1. The lowest BCUT2D eigenvalue weighted by molar-refractivity contribution is 0.304. The second-order valence-electron chi connectivity index (χ2n) is 9.15. The van der Waals surface area contributed by atoms with Gasteiger partial charge in [0, 0.05) is 5.92 Å². The highest BCUT2D eigenvalue weighted by molar-refractivity contribution is 14.1. The Morgan fingerprint density at radius 2 is 1.83 bits per heavy atom. The van der Waals surface area contributed by atoms with E-state index in [1.54, 1.807) is 6.21 Å². The molecule has 3 aromatic carbocycles. The van der Waals surface area contributed by atoms with E-state index in [1.165, 1.54) is 29.5 Å². The number of halogens is 1. The fourth-order valence-corrected chi connectivity index (χ4v) is 5.26. The average Bonchev–Trinajstić information content (AvgIpc) is 2.89. The van der Waals surface area contributed by atoms with Crippen molar-refractivity contribution in [2.75, 3.05) is 0 Å². The third-order valence-corrected chi connectivity index (χ3v) is 7.39. The van der Waals surface area contributed by atoms with Crippen LogP contribution in [0.5, 0.6) is 5.75 Å². The minimum atomic E-state index is -0.111. The molecule has 0 atom stereocenters. The Morgan fingerprint density at radius 1 is 1.06 bits per heavy atom. The number of aryl methyl sites for hydroxylation is 1. The van der Waals surface area contributed by atoms with Crippen molar-refractivity contribution in [3.8, 4) is 5.75 Å². The van der Waals surface area contributed by atoms with Gasteiger partial charge in [0.2, 0.25) is 0 Å². The van der Waals surface area contributed by atoms with E-state index in [4.69, 9.17) is 9.72 Å². The zero-order chi connectivity index (χ0) is 24.2. The zero-order valence-corrected chi connectivity index (χ0v) is 21.9. The summed E-state index contributed by atoms with van der Waals surface area (Å²) in [4.78, 5) is 18.3. The summed E-state index contributed by atoms with van der Waals surface area (Å²) >= 11 is 2.28. The maximum atomic E-state index is 13.4. The largest absolute Gasteiger partial charge is 0.488 e. The summed E-state index contributed by atoms with van der Waals surface area (Å²) in [6, 6.07) is 21.8. The van der Waals surface area contributed by atoms with Crippen molar-refractivity contribution in [3.05, 3.63) is 103 Å². The van der Waals surface area contributed by atoms with Crippen LogP contribution in [0.1, 0.15) is 60.5 Å². The van der Waals surface area contributed by atoms with E-state index in [0.717, 1.165) is 44.6 Å². The monoisotopic (exact) mass is 577 g/mol. The van der Waals surface area contributed by atoms with E-state index >= 15 is 0 Å². The van der Waals surface area contributed by atoms with Gasteiger partial charge >= 0.3 is 0 Å². The quantitative estimate of drug-likeness (QED) is 0.187. The third kappa shape index (κ3) is 5.48. The van der Waals surface area contributed by atoms with Crippen LogP contribution in [0.15, 0.2) is 76.6 Å². The summed E-state index contributed by atoms with van der Waals surface area (Å²) < 4.78 is 8.55. The molecule has 0 bridgehead atoms. The van der Waals surface area contributed by atoms with Crippen LogP contribution in [0.2, 0.25) is 0 Å². The fraction of sp³-hybridized carbons (Fsp3) is 0.276. The van der Waals surface area contributed by atoms with Gasteiger partial charge in [-0.1, -0.05) is 61.2 Å². The standard InChI is InChI=1S/C29H28IN3O2/c1-20-11-13-21(14-12-20)19-35-27-16-15-22(17-25(27)30)18-31-33-28(23-7-3-2-4-8-23)32-26-10-6-5-9-24(26)29(33)34/h5-6,9-18,23H,2-4,7-8,19H2,1H3. The van der Waals surface area contributed by atoms with Gasteiger partial charge in [0.15, 0.2) is 0 Å². The van der Waals surface area contributed by atoms with Gasteiger partial charge < -0.3 is 4.74 Å². The average molecular weight is 577 g/mol. The number of rotatable bonds is 6. The molecular weight excluding hydrogens is 549 g/mol. The van der Waals surface area contributed by atoms with Crippen LogP contribution >= 0.6 is 22.6 Å². The van der Waals surface area contributed by atoms with Crippen molar-refractivity contribution in [2.24, 2.45) is 5.10 Å². The third-order valence-electron chi connectivity index (χ3n) is 6.54. The molecule has 1 aliphatic rings. The highest BCUT2D eigenvalue weighted by Gasteiger charge is 2.22. The van der Waals surface area contributed by atoms with Crippen LogP contribution in [0.3, 0.4) is 0 Å². The summed E-state index contributed by atoms with van der Waals surface area (Å²) in [5, 5.41) is 5.24. The first-order valence-electron chi connectivity index (χ1n) is 12.1. The van der Waals surface area contributed by atoms with Gasteiger partial charge in [-0.15, -0.1) is 0 Å². The van der Waals surface area contributed by atoms with Crippen molar-refractivity contribution in [1.82, 2.24) is 9.66 Å². The summed E-state index contributed by atoms with van der Waals surface area (Å²) in [5.74, 6) is 1.86. The van der Waals surface area contributed by atoms with Crippen molar-refractivity contribution < 1.29 is 4.74 Å². The number of hydrogen-bond acceptors (Lipinski definition) is 4. The summed E-state index contributed by atoms with van der Waals surface area (Å²) in [7, 11) is 0. The Balaban J connectivity index is 1.41. The number of ether oxygens (including phenoxy) is 1. The molecule has 1 aliphatic carbocycles. The van der Waals surface area contributed by atoms with Crippen LogP contribution in [0.4, 0.5) is 0 Å². The molecule has 1 heterocycles. The number of hydrogen-bond donors (Lipinski definition) is 0. The predicted octanol–water partition coefficient (Wildman–Crippen LogP) is 6.82. The van der Waals surface area contributed by atoms with Gasteiger partial charge in [0.1, 0.15) is 18.2 Å². The summed E-state index contributed by atoms with van der Waals surface area (Å²) in [6.45, 7) is 2.60. The highest BCUT2D eigenvalue weighted by atomic mass is 127. The normalized spacial score (nSPS) is 14.6. The fourth-order valence-electron chi connectivity index (χ4n) is 4.56. The molecule has 0 amide bonds. The minimum Gasteiger partial charge on any atom is -0.488 e. The minimum absolute atomic E-state index is 0.111. The van der Waals surface area contributed by atoms with Gasteiger partial charge in [0.25, 0.3) is 5.56 Å².